The summed E-state index contributed by atoms with van der Waals surface area (Å²) in [7, 11) is 0. The molecule has 94 valence electrons. The number of aliphatic hydroxyl groups is 1. The van der Waals surface area contributed by atoms with Gasteiger partial charge in [-0.3, -0.25) is 0 Å². The molecule has 1 aromatic rings. The van der Waals surface area contributed by atoms with Gasteiger partial charge in [-0.05, 0) is 62.9 Å². The predicted molar refractivity (Wildman–Crippen MR) is 67.9 cm³/mol. The first kappa shape index (κ1) is 12.4. The standard InChI is InChI=1S/C14H21NO2/c1-14(17,9-11-4-3-7-15-10-11)12-5-2-6-13(16)8-12/h2,5-6,8,11,15-17H,3-4,7,9-10H2,1H3. The van der Waals surface area contributed by atoms with Crippen molar-refractivity contribution < 1.29 is 10.2 Å². The van der Waals surface area contributed by atoms with Gasteiger partial charge >= 0.3 is 0 Å². The van der Waals surface area contributed by atoms with E-state index in [9.17, 15) is 10.2 Å². The molecule has 0 spiro atoms. The molecule has 1 fully saturated rings. The first-order valence-electron chi connectivity index (χ1n) is 6.30. The van der Waals surface area contributed by atoms with Gasteiger partial charge in [0.25, 0.3) is 0 Å². The summed E-state index contributed by atoms with van der Waals surface area (Å²) in [4.78, 5) is 0. The molecule has 1 aliphatic rings. The average molecular weight is 235 g/mol. The van der Waals surface area contributed by atoms with Gasteiger partial charge in [-0.15, -0.1) is 0 Å². The SMILES string of the molecule is CC(O)(CC1CCCNC1)c1cccc(O)c1. The largest absolute Gasteiger partial charge is 0.508 e. The maximum atomic E-state index is 10.5. The van der Waals surface area contributed by atoms with Crippen molar-refractivity contribution in [2.24, 2.45) is 5.92 Å². The Morgan fingerprint density at radius 2 is 2.29 bits per heavy atom. The van der Waals surface area contributed by atoms with Crippen LogP contribution in [0.1, 0.15) is 31.7 Å². The molecule has 1 aliphatic heterocycles. The van der Waals surface area contributed by atoms with Gasteiger partial charge in [0.1, 0.15) is 5.75 Å². The second-order valence-electron chi connectivity index (χ2n) is 5.24. The summed E-state index contributed by atoms with van der Waals surface area (Å²) in [6, 6.07) is 6.92. The normalized spacial score (nSPS) is 24.2. The van der Waals surface area contributed by atoms with E-state index in [1.54, 1.807) is 18.2 Å². The van der Waals surface area contributed by atoms with Crippen LogP contribution in [0.25, 0.3) is 0 Å². The highest BCUT2D eigenvalue weighted by Gasteiger charge is 2.28. The summed E-state index contributed by atoms with van der Waals surface area (Å²) in [5.74, 6) is 0.727. The third-order valence-electron chi connectivity index (χ3n) is 3.55. The van der Waals surface area contributed by atoms with E-state index in [0.29, 0.717) is 5.92 Å². The third-order valence-corrected chi connectivity index (χ3v) is 3.55. The minimum absolute atomic E-state index is 0.213. The van der Waals surface area contributed by atoms with Crippen LogP contribution in [-0.2, 0) is 5.60 Å². The number of nitrogens with one attached hydrogen (secondary N) is 1. The molecule has 2 atom stereocenters. The molecule has 3 N–H and O–H groups in total. The maximum Gasteiger partial charge on any atom is 0.115 e. The molecular formula is C14H21NO2. The van der Waals surface area contributed by atoms with E-state index in [-0.39, 0.29) is 5.75 Å². The van der Waals surface area contributed by atoms with E-state index in [4.69, 9.17) is 0 Å². The summed E-state index contributed by atoms with van der Waals surface area (Å²) in [6.45, 7) is 3.90. The lowest BCUT2D eigenvalue weighted by Gasteiger charge is -2.31. The van der Waals surface area contributed by atoms with Crippen molar-refractivity contribution in [3.63, 3.8) is 0 Å². The maximum absolute atomic E-state index is 10.5. The predicted octanol–water partition coefficient (Wildman–Crippen LogP) is 1.99. The molecule has 3 heteroatoms. The average Bonchev–Trinajstić information content (AvgIpc) is 2.30. The minimum Gasteiger partial charge on any atom is -0.508 e. The highest BCUT2D eigenvalue weighted by atomic mass is 16.3. The van der Waals surface area contributed by atoms with Crippen molar-refractivity contribution >= 4 is 0 Å². The van der Waals surface area contributed by atoms with Gasteiger partial charge in [0.2, 0.25) is 0 Å². The molecule has 3 nitrogen and oxygen atoms in total. The number of phenols is 1. The topological polar surface area (TPSA) is 52.5 Å². The van der Waals surface area contributed by atoms with Gasteiger partial charge in [0.05, 0.1) is 5.60 Å². The number of rotatable bonds is 3. The first-order chi connectivity index (χ1) is 8.08. The van der Waals surface area contributed by atoms with E-state index in [1.165, 1.54) is 12.8 Å². The van der Waals surface area contributed by atoms with Gasteiger partial charge < -0.3 is 15.5 Å². The van der Waals surface area contributed by atoms with Crippen molar-refractivity contribution in [3.05, 3.63) is 29.8 Å². The Morgan fingerprint density at radius 1 is 1.47 bits per heavy atom. The number of hydrogen-bond acceptors (Lipinski definition) is 3. The van der Waals surface area contributed by atoms with Crippen LogP contribution in [0.4, 0.5) is 0 Å². The number of piperidine rings is 1. The zero-order chi connectivity index (χ0) is 12.3. The molecule has 0 radical (unpaired) electrons. The van der Waals surface area contributed by atoms with Gasteiger partial charge in [0, 0.05) is 0 Å². The monoisotopic (exact) mass is 235 g/mol. The zero-order valence-corrected chi connectivity index (χ0v) is 10.3. The summed E-state index contributed by atoms with van der Waals surface area (Å²) in [5, 5.41) is 23.3. The van der Waals surface area contributed by atoms with Gasteiger partial charge in [-0.1, -0.05) is 12.1 Å². The molecule has 0 saturated carbocycles. The number of phenolic OH excluding ortho intramolecular Hbond substituents is 1. The van der Waals surface area contributed by atoms with E-state index in [0.717, 1.165) is 25.1 Å². The number of hydrogen-bond donors (Lipinski definition) is 3. The third kappa shape index (κ3) is 3.20. The summed E-state index contributed by atoms with van der Waals surface area (Å²) < 4.78 is 0. The molecule has 0 aromatic heterocycles. The zero-order valence-electron chi connectivity index (χ0n) is 10.3. The van der Waals surface area contributed by atoms with Crippen LogP contribution in [0.3, 0.4) is 0 Å². The highest BCUT2D eigenvalue weighted by molar-refractivity contribution is 5.30. The molecule has 1 aromatic carbocycles. The van der Waals surface area contributed by atoms with Gasteiger partial charge in [-0.25, -0.2) is 0 Å². The molecule has 1 saturated heterocycles. The Balaban J connectivity index is 2.06. The fourth-order valence-corrected chi connectivity index (χ4v) is 2.62. The quantitative estimate of drug-likeness (QED) is 0.751. The Kier molecular flexibility index (Phi) is 3.69. The van der Waals surface area contributed by atoms with Gasteiger partial charge in [-0.2, -0.15) is 0 Å². The Hall–Kier alpha value is -1.06. The van der Waals surface area contributed by atoms with E-state index in [1.807, 2.05) is 13.0 Å². The second-order valence-corrected chi connectivity index (χ2v) is 5.24. The minimum atomic E-state index is -0.859. The molecule has 17 heavy (non-hydrogen) atoms. The Labute approximate surface area is 102 Å². The fraction of sp³-hybridized carbons (Fsp3) is 0.571. The molecule has 2 unspecified atom stereocenters. The molecule has 1 heterocycles. The Morgan fingerprint density at radius 3 is 2.94 bits per heavy atom. The van der Waals surface area contributed by atoms with Crippen molar-refractivity contribution in [1.29, 1.82) is 0 Å². The molecule has 0 amide bonds. The smallest absolute Gasteiger partial charge is 0.115 e. The number of benzene rings is 1. The van der Waals surface area contributed by atoms with Crippen LogP contribution in [0.15, 0.2) is 24.3 Å². The van der Waals surface area contributed by atoms with E-state index < -0.39 is 5.60 Å². The first-order valence-corrected chi connectivity index (χ1v) is 6.30. The van der Waals surface area contributed by atoms with Crippen LogP contribution in [0.5, 0.6) is 5.75 Å². The van der Waals surface area contributed by atoms with Crippen LogP contribution < -0.4 is 5.32 Å². The van der Waals surface area contributed by atoms with Gasteiger partial charge in [0.15, 0.2) is 0 Å². The molecule has 0 bridgehead atoms. The lowest BCUT2D eigenvalue weighted by Crippen LogP contribution is -2.34. The lowest BCUT2D eigenvalue weighted by atomic mass is 9.83. The molecule has 2 rings (SSSR count). The van der Waals surface area contributed by atoms with Crippen LogP contribution in [0.2, 0.25) is 0 Å². The summed E-state index contributed by atoms with van der Waals surface area (Å²) in [6.07, 6.45) is 3.09. The van der Waals surface area contributed by atoms with Crippen LogP contribution in [-0.4, -0.2) is 23.3 Å². The second kappa shape index (κ2) is 5.07. The van der Waals surface area contributed by atoms with Crippen molar-refractivity contribution in [1.82, 2.24) is 5.32 Å². The molecule has 0 aliphatic carbocycles. The lowest BCUT2D eigenvalue weighted by molar-refractivity contribution is 0.0258. The van der Waals surface area contributed by atoms with E-state index in [2.05, 4.69) is 5.32 Å². The Bertz CT molecular complexity index is 370. The van der Waals surface area contributed by atoms with Crippen molar-refractivity contribution in [2.45, 2.75) is 31.8 Å². The van der Waals surface area contributed by atoms with Crippen molar-refractivity contribution in [2.75, 3.05) is 13.1 Å². The van der Waals surface area contributed by atoms with E-state index >= 15 is 0 Å². The highest BCUT2D eigenvalue weighted by Crippen LogP contribution is 2.32. The summed E-state index contributed by atoms with van der Waals surface area (Å²) in [5.41, 5.74) is -0.0642. The molecular weight excluding hydrogens is 214 g/mol. The fourth-order valence-electron chi connectivity index (χ4n) is 2.62. The number of aromatic hydroxyl groups is 1. The van der Waals surface area contributed by atoms with Crippen LogP contribution in [0, 0.1) is 5.92 Å². The van der Waals surface area contributed by atoms with Crippen LogP contribution >= 0.6 is 0 Å². The summed E-state index contributed by atoms with van der Waals surface area (Å²) >= 11 is 0. The van der Waals surface area contributed by atoms with Crippen molar-refractivity contribution in [3.8, 4) is 5.75 Å².